The van der Waals surface area contributed by atoms with Crippen LogP contribution in [0.5, 0.6) is 0 Å². The molecule has 0 fully saturated rings. The number of rotatable bonds is 5. The molecule has 0 saturated heterocycles. The minimum absolute atomic E-state index is 0.0445. The Bertz CT molecular complexity index is 856. The molecule has 0 spiro atoms. The highest BCUT2D eigenvalue weighted by Gasteiger charge is 2.21. The number of hydrogen-bond donors (Lipinski definition) is 1. The van der Waals surface area contributed by atoms with E-state index in [2.05, 4.69) is 5.32 Å². The van der Waals surface area contributed by atoms with Crippen LogP contribution in [0.15, 0.2) is 65.3 Å². The Labute approximate surface area is 149 Å². The van der Waals surface area contributed by atoms with Gasteiger partial charge in [-0.05, 0) is 36.8 Å². The van der Waals surface area contributed by atoms with Gasteiger partial charge in [-0.15, -0.1) is 11.3 Å². The zero-order valence-electron chi connectivity index (χ0n) is 13.9. The molecule has 1 aromatic carbocycles. The Morgan fingerprint density at radius 3 is 2.52 bits per heavy atom. The minimum Gasteiger partial charge on any atom is -0.459 e. The van der Waals surface area contributed by atoms with E-state index < -0.39 is 0 Å². The summed E-state index contributed by atoms with van der Waals surface area (Å²) in [6, 6.07) is 16.5. The largest absolute Gasteiger partial charge is 0.459 e. The number of anilines is 1. The van der Waals surface area contributed by atoms with E-state index in [0.29, 0.717) is 9.88 Å². The van der Waals surface area contributed by atoms with Crippen molar-refractivity contribution in [3.05, 3.63) is 77.1 Å². The van der Waals surface area contributed by atoms with Crippen LogP contribution < -0.4 is 5.32 Å². The lowest BCUT2D eigenvalue weighted by atomic mass is 10.1. The number of amides is 2. The van der Waals surface area contributed by atoms with Gasteiger partial charge in [-0.3, -0.25) is 9.59 Å². The molecule has 2 amide bonds. The molecular weight excluding hydrogens is 336 g/mol. The van der Waals surface area contributed by atoms with Gasteiger partial charge in [-0.2, -0.15) is 0 Å². The van der Waals surface area contributed by atoms with Crippen molar-refractivity contribution in [1.82, 2.24) is 4.90 Å². The van der Waals surface area contributed by atoms with Crippen molar-refractivity contribution in [2.75, 3.05) is 12.4 Å². The third-order valence-corrected chi connectivity index (χ3v) is 4.97. The van der Waals surface area contributed by atoms with E-state index >= 15 is 0 Å². The first kappa shape index (κ1) is 17.0. The molecule has 5 nitrogen and oxygen atoms in total. The van der Waals surface area contributed by atoms with Gasteiger partial charge < -0.3 is 14.6 Å². The van der Waals surface area contributed by atoms with Crippen molar-refractivity contribution in [2.24, 2.45) is 0 Å². The first-order valence-electron chi connectivity index (χ1n) is 7.83. The number of furan rings is 1. The summed E-state index contributed by atoms with van der Waals surface area (Å²) in [4.78, 5) is 26.9. The van der Waals surface area contributed by atoms with E-state index in [1.807, 2.05) is 37.3 Å². The van der Waals surface area contributed by atoms with Crippen LogP contribution in [0.3, 0.4) is 0 Å². The zero-order valence-corrected chi connectivity index (χ0v) is 14.7. The monoisotopic (exact) mass is 354 g/mol. The molecule has 2 heterocycles. The van der Waals surface area contributed by atoms with Crippen LogP contribution in [0.1, 0.15) is 38.8 Å². The average molecular weight is 354 g/mol. The van der Waals surface area contributed by atoms with Gasteiger partial charge in [0, 0.05) is 7.05 Å². The highest BCUT2D eigenvalue weighted by Crippen LogP contribution is 2.27. The second-order valence-electron chi connectivity index (χ2n) is 5.60. The zero-order chi connectivity index (χ0) is 17.8. The van der Waals surface area contributed by atoms with Gasteiger partial charge in [0.05, 0.1) is 22.2 Å². The number of hydrogen-bond acceptors (Lipinski definition) is 4. The lowest BCUT2D eigenvalue weighted by Gasteiger charge is -2.24. The molecule has 6 heteroatoms. The van der Waals surface area contributed by atoms with Gasteiger partial charge in [-0.1, -0.05) is 30.3 Å². The number of benzene rings is 1. The summed E-state index contributed by atoms with van der Waals surface area (Å²) < 4.78 is 5.06. The number of nitrogens with one attached hydrogen (secondary N) is 1. The fourth-order valence-corrected chi connectivity index (χ4v) is 3.29. The second-order valence-corrected chi connectivity index (χ2v) is 6.68. The van der Waals surface area contributed by atoms with E-state index in [-0.39, 0.29) is 23.6 Å². The van der Waals surface area contributed by atoms with Crippen LogP contribution in [0, 0.1) is 0 Å². The third-order valence-electron chi connectivity index (χ3n) is 3.98. The van der Waals surface area contributed by atoms with Crippen molar-refractivity contribution < 1.29 is 14.0 Å². The summed E-state index contributed by atoms with van der Waals surface area (Å²) >= 11 is 1.24. The van der Waals surface area contributed by atoms with E-state index in [0.717, 1.165) is 5.56 Å². The molecular formula is C19H18N2O3S. The number of thiophene rings is 1. The highest BCUT2D eigenvalue weighted by molar-refractivity contribution is 7.18. The molecule has 0 aliphatic carbocycles. The summed E-state index contributed by atoms with van der Waals surface area (Å²) in [5.41, 5.74) is 1.07. The molecule has 2 aromatic heterocycles. The standard InChI is InChI=1S/C19H18N2O3S/c1-13(14-7-4-3-5-8-14)21(2)19(23)16-10-11-17(25-16)20-18(22)15-9-6-12-24-15/h3-13H,1-2H3,(H,20,22). The number of carbonyl (C=O) groups excluding carboxylic acids is 2. The molecule has 3 aromatic rings. The van der Waals surface area contributed by atoms with Crippen LogP contribution in [0.4, 0.5) is 5.00 Å². The maximum Gasteiger partial charge on any atom is 0.291 e. The smallest absolute Gasteiger partial charge is 0.291 e. The van der Waals surface area contributed by atoms with Crippen LogP contribution in [-0.4, -0.2) is 23.8 Å². The minimum atomic E-state index is -0.336. The summed E-state index contributed by atoms with van der Waals surface area (Å²) in [6.07, 6.45) is 1.44. The number of carbonyl (C=O) groups is 2. The Balaban J connectivity index is 1.69. The van der Waals surface area contributed by atoms with Gasteiger partial charge >= 0.3 is 0 Å². The van der Waals surface area contributed by atoms with Gasteiger partial charge in [0.15, 0.2) is 5.76 Å². The maximum atomic E-state index is 12.7. The maximum absolute atomic E-state index is 12.7. The van der Waals surface area contributed by atoms with Crippen molar-refractivity contribution in [3.8, 4) is 0 Å². The Kier molecular flexibility index (Phi) is 5.00. The summed E-state index contributed by atoms with van der Waals surface area (Å²) in [5.74, 6) is -0.187. The molecule has 1 unspecified atom stereocenters. The molecule has 1 atom stereocenters. The third kappa shape index (κ3) is 3.80. The lowest BCUT2D eigenvalue weighted by Crippen LogP contribution is -2.29. The summed E-state index contributed by atoms with van der Waals surface area (Å²) in [7, 11) is 1.78. The Morgan fingerprint density at radius 1 is 1.08 bits per heavy atom. The first-order chi connectivity index (χ1) is 12.1. The van der Waals surface area contributed by atoms with E-state index in [1.165, 1.54) is 17.6 Å². The number of nitrogens with zero attached hydrogens (tertiary/aromatic N) is 1. The molecule has 0 saturated carbocycles. The fraction of sp³-hybridized carbons (Fsp3) is 0.158. The van der Waals surface area contributed by atoms with Crippen molar-refractivity contribution in [1.29, 1.82) is 0 Å². The fourth-order valence-electron chi connectivity index (χ4n) is 2.41. The molecule has 0 bridgehead atoms. The van der Waals surface area contributed by atoms with E-state index in [1.54, 1.807) is 36.2 Å². The predicted octanol–water partition coefficient (Wildman–Crippen LogP) is 4.43. The highest BCUT2D eigenvalue weighted by atomic mass is 32.1. The second kappa shape index (κ2) is 7.36. The van der Waals surface area contributed by atoms with Gasteiger partial charge in [0.25, 0.3) is 11.8 Å². The average Bonchev–Trinajstić information content (AvgIpc) is 3.32. The Hall–Kier alpha value is -2.86. The van der Waals surface area contributed by atoms with Crippen molar-refractivity contribution in [2.45, 2.75) is 13.0 Å². The van der Waals surface area contributed by atoms with Gasteiger partial charge in [0.2, 0.25) is 0 Å². The lowest BCUT2D eigenvalue weighted by molar-refractivity contribution is 0.0747. The van der Waals surface area contributed by atoms with E-state index in [4.69, 9.17) is 4.42 Å². The molecule has 0 aliphatic rings. The SMILES string of the molecule is CC(c1ccccc1)N(C)C(=O)c1ccc(NC(=O)c2ccco2)s1. The normalized spacial score (nSPS) is 11.8. The topological polar surface area (TPSA) is 62.6 Å². The predicted molar refractivity (Wildman–Crippen MR) is 97.9 cm³/mol. The Morgan fingerprint density at radius 2 is 1.84 bits per heavy atom. The molecule has 128 valence electrons. The molecule has 25 heavy (non-hydrogen) atoms. The van der Waals surface area contributed by atoms with E-state index in [9.17, 15) is 9.59 Å². The van der Waals surface area contributed by atoms with Gasteiger partial charge in [-0.25, -0.2) is 0 Å². The summed E-state index contributed by atoms with van der Waals surface area (Å²) in [5, 5.41) is 3.34. The molecule has 0 aliphatic heterocycles. The van der Waals surface area contributed by atoms with Crippen LogP contribution in [0.2, 0.25) is 0 Å². The molecule has 3 rings (SSSR count). The van der Waals surface area contributed by atoms with Gasteiger partial charge in [0.1, 0.15) is 0 Å². The van der Waals surface area contributed by atoms with Crippen LogP contribution >= 0.6 is 11.3 Å². The molecule has 0 radical (unpaired) electrons. The summed E-state index contributed by atoms with van der Waals surface area (Å²) in [6.45, 7) is 1.99. The molecule has 1 N–H and O–H groups in total. The van der Waals surface area contributed by atoms with Crippen molar-refractivity contribution in [3.63, 3.8) is 0 Å². The quantitative estimate of drug-likeness (QED) is 0.737. The first-order valence-corrected chi connectivity index (χ1v) is 8.64. The van der Waals surface area contributed by atoms with Crippen LogP contribution in [0.25, 0.3) is 0 Å². The van der Waals surface area contributed by atoms with Crippen molar-refractivity contribution >= 4 is 28.2 Å². The van der Waals surface area contributed by atoms with Crippen LogP contribution in [-0.2, 0) is 0 Å².